The van der Waals surface area contributed by atoms with Gasteiger partial charge in [-0.1, -0.05) is 28.4 Å². The molecule has 142 valence electrons. The van der Waals surface area contributed by atoms with Crippen LogP contribution in [0.2, 0.25) is 0 Å². The van der Waals surface area contributed by atoms with Gasteiger partial charge < -0.3 is 5.32 Å². The molecule has 1 aromatic rings. The number of benzene rings is 1. The van der Waals surface area contributed by atoms with Crippen LogP contribution in [-0.2, 0) is 6.18 Å². The Morgan fingerprint density at radius 3 is 2.52 bits per heavy atom. The topological polar surface area (TPSA) is 15.3 Å². The normalized spacial score (nSPS) is 17.0. The molecular formula is C18H25BrClF3N2. The zero-order valence-electron chi connectivity index (χ0n) is 14.1. The van der Waals surface area contributed by atoms with Crippen LogP contribution in [0, 0.1) is 0 Å². The van der Waals surface area contributed by atoms with Gasteiger partial charge in [0.25, 0.3) is 0 Å². The number of nitrogens with one attached hydrogen (secondary N) is 1. The van der Waals surface area contributed by atoms with E-state index in [1.165, 1.54) is 12.1 Å². The first-order chi connectivity index (χ1) is 11.4. The summed E-state index contributed by atoms with van der Waals surface area (Å²) in [5.74, 6) is 0. The summed E-state index contributed by atoms with van der Waals surface area (Å²) in [6.07, 6.45) is 1.37. The van der Waals surface area contributed by atoms with Crippen LogP contribution in [0.25, 0.3) is 0 Å². The van der Waals surface area contributed by atoms with Gasteiger partial charge in [-0.25, -0.2) is 0 Å². The molecule has 0 unspecified atom stereocenters. The second-order valence-corrected chi connectivity index (χ2v) is 6.96. The van der Waals surface area contributed by atoms with E-state index in [2.05, 4.69) is 32.7 Å². The van der Waals surface area contributed by atoms with Gasteiger partial charge in [0, 0.05) is 36.7 Å². The quantitative estimate of drug-likeness (QED) is 0.439. The van der Waals surface area contributed by atoms with Crippen molar-refractivity contribution < 1.29 is 13.2 Å². The maximum absolute atomic E-state index is 13.1. The number of allylic oxidation sites excluding steroid dienone is 1. The molecule has 25 heavy (non-hydrogen) atoms. The molecule has 0 aromatic heterocycles. The minimum Gasteiger partial charge on any atom is -0.314 e. The predicted octanol–water partition coefficient (Wildman–Crippen LogP) is 5.58. The van der Waals surface area contributed by atoms with Crippen LogP contribution < -0.4 is 5.32 Å². The van der Waals surface area contributed by atoms with E-state index < -0.39 is 11.7 Å². The Balaban J connectivity index is 0.00000312. The third kappa shape index (κ3) is 6.59. The first-order valence-electron chi connectivity index (χ1n) is 8.36. The lowest BCUT2D eigenvalue weighted by atomic mass is 9.96. The molecule has 1 aliphatic heterocycles. The van der Waals surface area contributed by atoms with E-state index in [1.807, 2.05) is 6.08 Å². The van der Waals surface area contributed by atoms with Crippen molar-refractivity contribution in [3.8, 4) is 0 Å². The van der Waals surface area contributed by atoms with Gasteiger partial charge in [0.2, 0.25) is 0 Å². The van der Waals surface area contributed by atoms with Crippen LogP contribution in [0.5, 0.6) is 0 Å². The summed E-state index contributed by atoms with van der Waals surface area (Å²) in [5.41, 5.74) is 0.164. The third-order valence-electron chi connectivity index (χ3n) is 4.41. The van der Waals surface area contributed by atoms with Gasteiger partial charge in [-0.05, 0) is 43.0 Å². The number of hydrogen-bond donors (Lipinski definition) is 1. The van der Waals surface area contributed by atoms with Crippen molar-refractivity contribution in [2.75, 3.05) is 26.2 Å². The number of piperazine rings is 1. The molecular weight excluding hydrogens is 417 g/mol. The highest BCUT2D eigenvalue weighted by atomic mass is 79.9. The fraction of sp³-hybridized carbons (Fsp3) is 0.556. The van der Waals surface area contributed by atoms with Gasteiger partial charge in [0.15, 0.2) is 0 Å². The highest BCUT2D eigenvalue weighted by Gasteiger charge is 2.32. The zero-order valence-corrected chi connectivity index (χ0v) is 16.5. The average Bonchev–Trinajstić information content (AvgIpc) is 2.56. The van der Waals surface area contributed by atoms with Crippen LogP contribution in [0.15, 0.2) is 35.3 Å². The number of alkyl halides is 3. The van der Waals surface area contributed by atoms with E-state index >= 15 is 0 Å². The molecule has 0 radical (unpaired) electrons. The van der Waals surface area contributed by atoms with E-state index in [4.69, 9.17) is 0 Å². The molecule has 0 amide bonds. The maximum Gasteiger partial charge on any atom is 0.416 e. The predicted molar refractivity (Wildman–Crippen MR) is 102 cm³/mol. The molecule has 0 spiro atoms. The van der Waals surface area contributed by atoms with Crippen LogP contribution in [0.4, 0.5) is 13.2 Å². The van der Waals surface area contributed by atoms with Gasteiger partial charge in [0.05, 0.1) is 5.56 Å². The molecule has 1 N–H and O–H groups in total. The zero-order chi connectivity index (χ0) is 17.6. The van der Waals surface area contributed by atoms with Gasteiger partial charge in [0.1, 0.15) is 0 Å². The number of hydrogen-bond acceptors (Lipinski definition) is 2. The summed E-state index contributed by atoms with van der Waals surface area (Å²) in [5, 5.41) is 3.30. The molecule has 1 saturated heterocycles. The first kappa shape index (κ1) is 22.5. The minimum absolute atomic E-state index is 0. The molecule has 0 aliphatic carbocycles. The van der Waals surface area contributed by atoms with Crippen LogP contribution in [0.1, 0.15) is 42.9 Å². The summed E-state index contributed by atoms with van der Waals surface area (Å²) < 4.78 is 40.1. The Morgan fingerprint density at radius 2 is 1.92 bits per heavy atom. The van der Waals surface area contributed by atoms with Crippen LogP contribution in [0.3, 0.4) is 0 Å². The number of nitrogens with zero attached hydrogens (tertiary/aromatic N) is 1. The highest BCUT2D eigenvalue weighted by Crippen LogP contribution is 2.37. The fourth-order valence-electron chi connectivity index (χ4n) is 3.13. The molecule has 1 fully saturated rings. The summed E-state index contributed by atoms with van der Waals surface area (Å²) in [6, 6.07) is 3.98. The van der Waals surface area contributed by atoms with Crippen molar-refractivity contribution in [3.63, 3.8) is 0 Å². The van der Waals surface area contributed by atoms with Crippen LogP contribution >= 0.6 is 28.3 Å². The molecule has 2 nitrogen and oxygen atoms in total. The standard InChI is InChI=1S/C18H24BrF3N2.ClH/c1-2-3-4-5-6-17(24-11-9-23-10-12-24)15-13-14(18(20,21)22)7-8-16(15)19;/h2,7-8,13,17,23H,1,3-6,9-12H2;1H/t17-;/m1./s1. The molecule has 1 heterocycles. The summed E-state index contributed by atoms with van der Waals surface area (Å²) in [6.45, 7) is 7.19. The minimum atomic E-state index is -4.31. The van der Waals surface area contributed by atoms with E-state index in [0.717, 1.165) is 68.0 Å². The van der Waals surface area contributed by atoms with Crippen molar-refractivity contribution in [1.29, 1.82) is 0 Å². The molecule has 1 aliphatic rings. The Bertz CT molecular complexity index is 546. The Morgan fingerprint density at radius 1 is 1.24 bits per heavy atom. The van der Waals surface area contributed by atoms with Crippen molar-refractivity contribution in [3.05, 3.63) is 46.5 Å². The average molecular weight is 442 g/mol. The lowest BCUT2D eigenvalue weighted by molar-refractivity contribution is -0.137. The summed E-state index contributed by atoms with van der Waals surface area (Å²) in [4.78, 5) is 2.30. The van der Waals surface area contributed by atoms with E-state index in [-0.39, 0.29) is 18.4 Å². The number of unbranched alkanes of at least 4 members (excludes halogenated alkanes) is 2. The molecule has 2 rings (SSSR count). The Kier molecular flexibility index (Phi) is 9.49. The number of halogens is 5. The van der Waals surface area contributed by atoms with E-state index in [1.54, 1.807) is 0 Å². The molecule has 7 heteroatoms. The van der Waals surface area contributed by atoms with Gasteiger partial charge >= 0.3 is 6.18 Å². The lowest BCUT2D eigenvalue weighted by Crippen LogP contribution is -2.45. The van der Waals surface area contributed by atoms with Gasteiger partial charge in [-0.3, -0.25) is 4.90 Å². The highest BCUT2D eigenvalue weighted by molar-refractivity contribution is 9.10. The summed E-state index contributed by atoms with van der Waals surface area (Å²) >= 11 is 3.46. The maximum atomic E-state index is 13.1. The SMILES string of the molecule is C=CCCCC[C@H](c1cc(C(F)(F)F)ccc1Br)N1CCNCC1.Cl. The Labute approximate surface area is 162 Å². The molecule has 0 bridgehead atoms. The summed E-state index contributed by atoms with van der Waals surface area (Å²) in [7, 11) is 0. The van der Waals surface area contributed by atoms with Gasteiger partial charge in [-0.15, -0.1) is 19.0 Å². The molecule has 1 aromatic carbocycles. The van der Waals surface area contributed by atoms with E-state index in [0.29, 0.717) is 0 Å². The first-order valence-corrected chi connectivity index (χ1v) is 9.15. The van der Waals surface area contributed by atoms with Gasteiger partial charge in [-0.2, -0.15) is 13.2 Å². The van der Waals surface area contributed by atoms with E-state index in [9.17, 15) is 13.2 Å². The monoisotopic (exact) mass is 440 g/mol. The van der Waals surface area contributed by atoms with Crippen molar-refractivity contribution in [2.24, 2.45) is 0 Å². The van der Waals surface area contributed by atoms with Crippen LogP contribution in [-0.4, -0.2) is 31.1 Å². The lowest BCUT2D eigenvalue weighted by Gasteiger charge is -2.36. The fourth-order valence-corrected chi connectivity index (χ4v) is 3.64. The second-order valence-electron chi connectivity index (χ2n) is 6.11. The smallest absolute Gasteiger partial charge is 0.314 e. The van der Waals surface area contributed by atoms with Crippen molar-refractivity contribution in [1.82, 2.24) is 10.2 Å². The Hall–Kier alpha value is -0.560. The second kappa shape index (κ2) is 10.6. The largest absolute Gasteiger partial charge is 0.416 e. The molecule has 0 saturated carbocycles. The van der Waals surface area contributed by atoms with Crippen molar-refractivity contribution >= 4 is 28.3 Å². The number of rotatable bonds is 7. The third-order valence-corrected chi connectivity index (χ3v) is 5.13. The molecule has 1 atom stereocenters. The van der Waals surface area contributed by atoms with Crippen molar-refractivity contribution in [2.45, 2.75) is 37.9 Å².